The van der Waals surface area contributed by atoms with Crippen molar-refractivity contribution in [2.45, 2.75) is 44.1 Å². The van der Waals surface area contributed by atoms with Crippen LogP contribution in [0.5, 0.6) is 5.75 Å². The topological polar surface area (TPSA) is 99.2 Å². The molecular weight excluding hydrogens is 374 g/mol. The Hall–Kier alpha value is -2.13. The normalized spacial score (nSPS) is 15.4. The first-order valence-corrected chi connectivity index (χ1v) is 10.1. The van der Waals surface area contributed by atoms with Crippen LogP contribution in [0, 0.1) is 0 Å². The number of esters is 2. The summed E-state index contributed by atoms with van der Waals surface area (Å²) in [5, 5.41) is 0. The Morgan fingerprint density at radius 2 is 1.78 bits per heavy atom. The highest BCUT2D eigenvalue weighted by molar-refractivity contribution is 7.89. The zero-order valence-corrected chi connectivity index (χ0v) is 16.8. The van der Waals surface area contributed by atoms with Crippen molar-refractivity contribution in [2.75, 3.05) is 26.8 Å². The average molecular weight is 399 g/mol. The Morgan fingerprint density at radius 3 is 2.33 bits per heavy atom. The largest absolute Gasteiger partial charge is 0.495 e. The molecule has 0 aliphatic carbocycles. The summed E-state index contributed by atoms with van der Waals surface area (Å²) in [5.41, 5.74) is -0.683. The fourth-order valence-corrected chi connectivity index (χ4v) is 4.35. The van der Waals surface area contributed by atoms with Gasteiger partial charge in [-0.25, -0.2) is 18.0 Å². The molecule has 0 N–H and O–H groups in total. The van der Waals surface area contributed by atoms with Gasteiger partial charge in [0.15, 0.2) is 6.61 Å². The highest BCUT2D eigenvalue weighted by Gasteiger charge is 2.31. The molecule has 1 aliphatic heterocycles. The van der Waals surface area contributed by atoms with Crippen LogP contribution in [0.1, 0.15) is 44.0 Å². The maximum absolute atomic E-state index is 12.8. The number of benzene rings is 1. The van der Waals surface area contributed by atoms with Crippen LogP contribution >= 0.6 is 0 Å². The molecule has 1 aliphatic rings. The fraction of sp³-hybridized carbons (Fsp3) is 0.556. The maximum Gasteiger partial charge on any atom is 0.344 e. The van der Waals surface area contributed by atoms with Gasteiger partial charge in [0.1, 0.15) is 16.2 Å². The van der Waals surface area contributed by atoms with E-state index in [2.05, 4.69) is 0 Å². The van der Waals surface area contributed by atoms with Crippen molar-refractivity contribution in [1.82, 2.24) is 4.31 Å². The second-order valence-electron chi connectivity index (χ2n) is 7.14. The van der Waals surface area contributed by atoms with Gasteiger partial charge in [-0.05, 0) is 51.8 Å². The van der Waals surface area contributed by atoms with Gasteiger partial charge in [-0.3, -0.25) is 0 Å². The van der Waals surface area contributed by atoms with E-state index in [0.717, 1.165) is 12.8 Å². The minimum absolute atomic E-state index is 0.0112. The third-order valence-electron chi connectivity index (χ3n) is 3.82. The van der Waals surface area contributed by atoms with Crippen LogP contribution in [-0.4, -0.2) is 57.1 Å². The predicted octanol–water partition coefficient (Wildman–Crippen LogP) is 1.98. The Bertz CT molecular complexity index is 805. The summed E-state index contributed by atoms with van der Waals surface area (Å²) in [6.45, 7) is 5.40. The molecule has 0 unspecified atom stereocenters. The average Bonchev–Trinajstić information content (AvgIpc) is 3.13. The summed E-state index contributed by atoms with van der Waals surface area (Å²) in [6.07, 6.45) is 1.58. The first-order valence-electron chi connectivity index (χ1n) is 8.62. The lowest BCUT2D eigenvalue weighted by molar-refractivity contribution is -0.158. The Morgan fingerprint density at radius 1 is 1.15 bits per heavy atom. The van der Waals surface area contributed by atoms with E-state index in [1.807, 2.05) is 0 Å². The van der Waals surface area contributed by atoms with Crippen LogP contribution in [0.3, 0.4) is 0 Å². The molecule has 27 heavy (non-hydrogen) atoms. The van der Waals surface area contributed by atoms with Gasteiger partial charge in [-0.15, -0.1) is 0 Å². The van der Waals surface area contributed by atoms with Crippen LogP contribution in [0.4, 0.5) is 0 Å². The molecule has 0 atom stereocenters. The van der Waals surface area contributed by atoms with Gasteiger partial charge in [-0.2, -0.15) is 4.31 Å². The smallest absolute Gasteiger partial charge is 0.344 e. The first-order chi connectivity index (χ1) is 12.5. The summed E-state index contributed by atoms with van der Waals surface area (Å²) >= 11 is 0. The third-order valence-corrected chi connectivity index (χ3v) is 5.74. The summed E-state index contributed by atoms with van der Waals surface area (Å²) in [7, 11) is -2.42. The number of rotatable bonds is 6. The highest BCUT2D eigenvalue weighted by Crippen LogP contribution is 2.30. The second-order valence-corrected chi connectivity index (χ2v) is 9.05. The SMILES string of the molecule is COc1ccc(C(=O)OCC(=O)OC(C)(C)C)cc1S(=O)(=O)N1CCCC1. The monoisotopic (exact) mass is 399 g/mol. The molecule has 2 rings (SSSR count). The summed E-state index contributed by atoms with van der Waals surface area (Å²) in [4.78, 5) is 23.8. The lowest BCUT2D eigenvalue weighted by Crippen LogP contribution is -2.29. The van der Waals surface area contributed by atoms with E-state index in [1.54, 1.807) is 20.8 Å². The Kier molecular flexibility index (Phi) is 6.48. The van der Waals surface area contributed by atoms with Gasteiger partial charge in [0.2, 0.25) is 10.0 Å². The number of hydrogen-bond acceptors (Lipinski definition) is 7. The molecule has 9 heteroatoms. The van der Waals surface area contributed by atoms with Crippen LogP contribution in [0.2, 0.25) is 0 Å². The lowest BCUT2D eigenvalue weighted by atomic mass is 10.2. The number of hydrogen-bond donors (Lipinski definition) is 0. The molecule has 0 saturated carbocycles. The zero-order valence-electron chi connectivity index (χ0n) is 16.0. The number of ether oxygens (including phenoxy) is 3. The summed E-state index contributed by atoms with van der Waals surface area (Å²) < 4.78 is 42.2. The minimum atomic E-state index is -3.78. The van der Waals surface area contributed by atoms with Crippen LogP contribution in [-0.2, 0) is 24.3 Å². The van der Waals surface area contributed by atoms with Crippen molar-refractivity contribution in [3.8, 4) is 5.75 Å². The number of sulfonamides is 1. The predicted molar refractivity (Wildman–Crippen MR) is 97.1 cm³/mol. The molecule has 1 heterocycles. The van der Waals surface area contributed by atoms with E-state index in [1.165, 1.54) is 29.6 Å². The van der Waals surface area contributed by atoms with Crippen molar-refractivity contribution in [3.05, 3.63) is 23.8 Å². The Labute approximate surface area is 159 Å². The molecule has 0 bridgehead atoms. The van der Waals surface area contributed by atoms with Crippen molar-refractivity contribution >= 4 is 22.0 Å². The second kappa shape index (κ2) is 8.26. The van der Waals surface area contributed by atoms with E-state index >= 15 is 0 Å². The summed E-state index contributed by atoms with van der Waals surface area (Å²) in [5.74, 6) is -1.36. The molecule has 1 fully saturated rings. The number of carbonyl (C=O) groups is 2. The molecule has 1 aromatic carbocycles. The minimum Gasteiger partial charge on any atom is -0.495 e. The molecular formula is C18H25NO7S. The van der Waals surface area contributed by atoms with Crippen LogP contribution < -0.4 is 4.74 Å². The Balaban J connectivity index is 2.18. The van der Waals surface area contributed by atoms with Crippen molar-refractivity contribution < 1.29 is 32.2 Å². The molecule has 0 aromatic heterocycles. The quantitative estimate of drug-likeness (QED) is 0.674. The molecule has 1 aromatic rings. The molecule has 0 amide bonds. The number of carbonyl (C=O) groups excluding carboxylic acids is 2. The van der Waals surface area contributed by atoms with Gasteiger partial charge in [-0.1, -0.05) is 0 Å². The van der Waals surface area contributed by atoms with E-state index in [-0.39, 0.29) is 16.2 Å². The van der Waals surface area contributed by atoms with Gasteiger partial charge in [0, 0.05) is 13.1 Å². The van der Waals surface area contributed by atoms with Crippen LogP contribution in [0.15, 0.2) is 23.1 Å². The molecule has 8 nitrogen and oxygen atoms in total. The third kappa shape index (κ3) is 5.43. The maximum atomic E-state index is 12.8. The standard InChI is InChI=1S/C18H25NO7S/c1-18(2,3)26-16(20)12-25-17(21)13-7-8-14(24-4)15(11-13)27(22,23)19-9-5-6-10-19/h7-8,11H,5-6,9-10,12H2,1-4H3. The van der Waals surface area contributed by atoms with Crippen LogP contribution in [0.25, 0.3) is 0 Å². The van der Waals surface area contributed by atoms with Crippen molar-refractivity contribution in [2.24, 2.45) is 0 Å². The highest BCUT2D eigenvalue weighted by atomic mass is 32.2. The van der Waals surface area contributed by atoms with E-state index in [9.17, 15) is 18.0 Å². The van der Waals surface area contributed by atoms with E-state index < -0.39 is 34.2 Å². The zero-order chi connectivity index (χ0) is 20.2. The van der Waals surface area contributed by atoms with Crippen molar-refractivity contribution in [1.29, 1.82) is 0 Å². The number of methoxy groups -OCH3 is 1. The van der Waals surface area contributed by atoms with E-state index in [4.69, 9.17) is 14.2 Å². The van der Waals surface area contributed by atoms with Crippen molar-refractivity contribution in [3.63, 3.8) is 0 Å². The molecule has 150 valence electrons. The molecule has 1 saturated heterocycles. The summed E-state index contributed by atoms with van der Waals surface area (Å²) in [6, 6.07) is 4.00. The van der Waals surface area contributed by atoms with E-state index in [0.29, 0.717) is 13.1 Å². The first kappa shape index (κ1) is 21.2. The van der Waals surface area contributed by atoms with Gasteiger partial charge >= 0.3 is 11.9 Å². The lowest BCUT2D eigenvalue weighted by Gasteiger charge is -2.19. The van der Waals surface area contributed by atoms with Gasteiger partial charge in [0.05, 0.1) is 12.7 Å². The number of nitrogens with zero attached hydrogens (tertiary/aromatic N) is 1. The van der Waals surface area contributed by atoms with Gasteiger partial charge in [0.25, 0.3) is 0 Å². The molecule has 0 radical (unpaired) electrons. The molecule has 0 spiro atoms. The fourth-order valence-electron chi connectivity index (χ4n) is 2.65. The van der Waals surface area contributed by atoms with Gasteiger partial charge < -0.3 is 14.2 Å².